The molecule has 2 aromatic rings. The Balaban J connectivity index is 2.15. The zero-order valence-corrected chi connectivity index (χ0v) is 11.1. The molecule has 0 atom stereocenters. The van der Waals surface area contributed by atoms with Crippen molar-refractivity contribution in [2.45, 2.75) is 6.92 Å². The Labute approximate surface area is 117 Å². The van der Waals surface area contributed by atoms with Gasteiger partial charge in [-0.2, -0.15) is 0 Å². The maximum Gasteiger partial charge on any atom is 0.261 e. The van der Waals surface area contributed by atoms with Crippen LogP contribution in [0, 0.1) is 0 Å². The lowest BCUT2D eigenvalue weighted by Crippen LogP contribution is -2.30. The zero-order valence-electron chi connectivity index (χ0n) is 11.1. The third-order valence-electron chi connectivity index (χ3n) is 2.69. The summed E-state index contributed by atoms with van der Waals surface area (Å²) in [4.78, 5) is 24.0. The Bertz CT molecular complexity index is 608. The van der Waals surface area contributed by atoms with Gasteiger partial charge in [0.05, 0.1) is 12.2 Å². The highest BCUT2D eigenvalue weighted by Gasteiger charge is 2.15. The Kier molecular flexibility index (Phi) is 4.50. The maximum atomic E-state index is 12.1. The smallest absolute Gasteiger partial charge is 0.261 e. The largest absolute Gasteiger partial charge is 0.493 e. The highest BCUT2D eigenvalue weighted by molar-refractivity contribution is 6.11. The van der Waals surface area contributed by atoms with Crippen molar-refractivity contribution in [3.05, 3.63) is 65.7 Å². The van der Waals surface area contributed by atoms with Gasteiger partial charge in [0.25, 0.3) is 11.8 Å². The zero-order chi connectivity index (χ0) is 14.4. The van der Waals surface area contributed by atoms with Gasteiger partial charge in [0.1, 0.15) is 5.75 Å². The molecule has 20 heavy (non-hydrogen) atoms. The second-order valence-corrected chi connectivity index (χ2v) is 4.08. The summed E-state index contributed by atoms with van der Waals surface area (Å²) < 4.78 is 5.37. The summed E-state index contributed by atoms with van der Waals surface area (Å²) in [6.07, 6.45) is 0. The first-order valence-electron chi connectivity index (χ1n) is 6.35. The second-order valence-electron chi connectivity index (χ2n) is 4.08. The molecule has 2 aromatic carbocycles. The third-order valence-corrected chi connectivity index (χ3v) is 2.69. The second kappa shape index (κ2) is 6.52. The van der Waals surface area contributed by atoms with Gasteiger partial charge >= 0.3 is 0 Å². The van der Waals surface area contributed by atoms with Crippen LogP contribution < -0.4 is 10.1 Å². The van der Waals surface area contributed by atoms with E-state index in [0.29, 0.717) is 23.5 Å². The van der Waals surface area contributed by atoms with E-state index < -0.39 is 11.8 Å². The topological polar surface area (TPSA) is 55.4 Å². The minimum absolute atomic E-state index is 0.346. The number of carbonyl (C=O) groups is 2. The summed E-state index contributed by atoms with van der Waals surface area (Å²) in [5.41, 5.74) is 0.786. The molecule has 4 heteroatoms. The van der Waals surface area contributed by atoms with Crippen LogP contribution in [-0.2, 0) is 0 Å². The van der Waals surface area contributed by atoms with Crippen LogP contribution in [0.25, 0.3) is 0 Å². The van der Waals surface area contributed by atoms with Crippen molar-refractivity contribution >= 4 is 11.8 Å². The molecular weight excluding hydrogens is 254 g/mol. The first-order chi connectivity index (χ1) is 9.72. The number of benzene rings is 2. The Morgan fingerprint density at radius 1 is 0.950 bits per heavy atom. The molecule has 0 aliphatic carbocycles. The van der Waals surface area contributed by atoms with Gasteiger partial charge in [0.2, 0.25) is 0 Å². The van der Waals surface area contributed by atoms with Crippen molar-refractivity contribution < 1.29 is 14.3 Å². The number of rotatable bonds is 4. The molecule has 0 saturated heterocycles. The lowest BCUT2D eigenvalue weighted by Gasteiger charge is -2.09. The lowest BCUT2D eigenvalue weighted by molar-refractivity contribution is 0.0847. The highest BCUT2D eigenvalue weighted by Crippen LogP contribution is 2.17. The highest BCUT2D eigenvalue weighted by atomic mass is 16.5. The molecular formula is C16H15NO3. The average molecular weight is 269 g/mol. The number of hydrogen-bond acceptors (Lipinski definition) is 3. The van der Waals surface area contributed by atoms with Crippen molar-refractivity contribution in [1.29, 1.82) is 0 Å². The van der Waals surface area contributed by atoms with Gasteiger partial charge in [-0.25, -0.2) is 0 Å². The van der Waals surface area contributed by atoms with Crippen LogP contribution in [0.2, 0.25) is 0 Å². The fourth-order valence-corrected chi connectivity index (χ4v) is 1.77. The molecule has 0 radical (unpaired) electrons. The number of amides is 2. The summed E-state index contributed by atoms with van der Waals surface area (Å²) in [6, 6.07) is 15.4. The average Bonchev–Trinajstić information content (AvgIpc) is 2.49. The van der Waals surface area contributed by atoms with Gasteiger partial charge in [0, 0.05) is 5.56 Å². The van der Waals surface area contributed by atoms with E-state index in [9.17, 15) is 9.59 Å². The first kappa shape index (κ1) is 13.8. The molecule has 0 aliphatic rings. The number of ether oxygens (including phenoxy) is 1. The van der Waals surface area contributed by atoms with Crippen molar-refractivity contribution in [1.82, 2.24) is 5.32 Å². The molecule has 0 fully saturated rings. The van der Waals surface area contributed by atoms with E-state index in [1.54, 1.807) is 48.5 Å². The molecule has 4 nitrogen and oxygen atoms in total. The molecule has 0 aromatic heterocycles. The Morgan fingerprint density at radius 3 is 2.30 bits per heavy atom. The van der Waals surface area contributed by atoms with E-state index in [-0.39, 0.29) is 0 Å². The summed E-state index contributed by atoms with van der Waals surface area (Å²) in [5, 5.41) is 2.35. The molecule has 102 valence electrons. The van der Waals surface area contributed by atoms with Gasteiger partial charge in [-0.1, -0.05) is 30.3 Å². The van der Waals surface area contributed by atoms with Crippen LogP contribution in [0.4, 0.5) is 0 Å². The summed E-state index contributed by atoms with van der Waals surface area (Å²) in [6.45, 7) is 2.29. The molecule has 0 saturated carbocycles. The van der Waals surface area contributed by atoms with Gasteiger partial charge in [-0.15, -0.1) is 0 Å². The summed E-state index contributed by atoms with van der Waals surface area (Å²) in [7, 11) is 0. The van der Waals surface area contributed by atoms with Crippen LogP contribution in [0.5, 0.6) is 5.75 Å². The van der Waals surface area contributed by atoms with Crippen LogP contribution in [0.15, 0.2) is 54.6 Å². The number of nitrogens with one attached hydrogen (secondary N) is 1. The van der Waals surface area contributed by atoms with Gasteiger partial charge in [-0.3, -0.25) is 14.9 Å². The Hall–Kier alpha value is -2.62. The molecule has 0 spiro atoms. The first-order valence-corrected chi connectivity index (χ1v) is 6.35. The number of imide groups is 1. The fraction of sp³-hybridized carbons (Fsp3) is 0.125. The predicted octanol–water partition coefficient (Wildman–Crippen LogP) is 2.66. The van der Waals surface area contributed by atoms with E-state index in [1.165, 1.54) is 0 Å². The van der Waals surface area contributed by atoms with Crippen LogP contribution >= 0.6 is 0 Å². The summed E-state index contributed by atoms with van der Waals surface area (Å²) in [5.74, 6) is -0.432. The van der Waals surface area contributed by atoms with Gasteiger partial charge in [-0.05, 0) is 31.2 Å². The molecule has 0 heterocycles. The van der Waals surface area contributed by atoms with Crippen molar-refractivity contribution in [3.8, 4) is 5.75 Å². The van der Waals surface area contributed by atoms with Crippen LogP contribution in [0.1, 0.15) is 27.6 Å². The normalized spacial score (nSPS) is 9.85. The number of hydrogen-bond donors (Lipinski definition) is 1. The maximum absolute atomic E-state index is 12.1. The van der Waals surface area contributed by atoms with E-state index in [2.05, 4.69) is 5.32 Å². The molecule has 2 rings (SSSR count). The van der Waals surface area contributed by atoms with Crippen LogP contribution in [0.3, 0.4) is 0 Å². The van der Waals surface area contributed by atoms with E-state index in [4.69, 9.17) is 4.74 Å². The number of carbonyl (C=O) groups excluding carboxylic acids is 2. The molecule has 0 unspecified atom stereocenters. The van der Waals surface area contributed by atoms with Crippen molar-refractivity contribution in [3.63, 3.8) is 0 Å². The Morgan fingerprint density at radius 2 is 1.60 bits per heavy atom. The SMILES string of the molecule is CCOc1ccccc1C(=O)NC(=O)c1ccccc1. The lowest BCUT2D eigenvalue weighted by atomic mass is 10.1. The van der Waals surface area contributed by atoms with Crippen molar-refractivity contribution in [2.24, 2.45) is 0 Å². The molecule has 2 amide bonds. The monoisotopic (exact) mass is 269 g/mol. The molecule has 0 aliphatic heterocycles. The third kappa shape index (κ3) is 3.23. The quantitative estimate of drug-likeness (QED) is 0.868. The number of para-hydroxylation sites is 1. The predicted molar refractivity (Wildman–Crippen MR) is 75.8 cm³/mol. The van der Waals surface area contributed by atoms with E-state index in [0.717, 1.165) is 0 Å². The minimum atomic E-state index is -0.470. The standard InChI is InChI=1S/C16H15NO3/c1-2-20-14-11-7-6-10-13(14)16(19)17-15(18)12-8-4-3-5-9-12/h3-11H,2H2,1H3,(H,17,18,19). The van der Waals surface area contributed by atoms with E-state index in [1.807, 2.05) is 13.0 Å². The molecule has 0 bridgehead atoms. The van der Waals surface area contributed by atoms with E-state index >= 15 is 0 Å². The minimum Gasteiger partial charge on any atom is -0.493 e. The van der Waals surface area contributed by atoms with Gasteiger partial charge in [0.15, 0.2) is 0 Å². The fourth-order valence-electron chi connectivity index (χ4n) is 1.77. The molecule has 1 N–H and O–H groups in total. The van der Waals surface area contributed by atoms with Crippen LogP contribution in [-0.4, -0.2) is 18.4 Å². The van der Waals surface area contributed by atoms with Crippen molar-refractivity contribution in [2.75, 3.05) is 6.61 Å². The van der Waals surface area contributed by atoms with Gasteiger partial charge < -0.3 is 4.74 Å². The summed E-state index contributed by atoms with van der Waals surface area (Å²) >= 11 is 0.